The van der Waals surface area contributed by atoms with E-state index < -0.39 is 0 Å². The van der Waals surface area contributed by atoms with Crippen molar-refractivity contribution in [2.45, 2.75) is 39.5 Å². The van der Waals surface area contributed by atoms with Gasteiger partial charge in [-0.05, 0) is 69.4 Å². The molecule has 0 aliphatic rings. The lowest BCUT2D eigenvalue weighted by atomic mass is 9.97. The van der Waals surface area contributed by atoms with Crippen LogP contribution in [-0.2, 0) is 0 Å². The molecule has 0 spiro atoms. The summed E-state index contributed by atoms with van der Waals surface area (Å²) in [5.41, 5.74) is 9.04. The summed E-state index contributed by atoms with van der Waals surface area (Å²) in [6.07, 6.45) is 0. The van der Waals surface area contributed by atoms with Crippen LogP contribution in [-0.4, -0.2) is 19.9 Å². The Balaban J connectivity index is 1.35. The fourth-order valence-corrected chi connectivity index (χ4v) is 4.57. The molecule has 0 saturated carbocycles. The van der Waals surface area contributed by atoms with Crippen molar-refractivity contribution in [3.8, 4) is 22.3 Å². The number of aromatic amines is 2. The molecule has 4 nitrogen and oxygen atoms in total. The second-order valence-corrected chi connectivity index (χ2v) is 9.79. The summed E-state index contributed by atoms with van der Waals surface area (Å²) in [4.78, 5) is 16.3. The van der Waals surface area contributed by atoms with Crippen LogP contribution >= 0.6 is 0 Å². The molecule has 0 fully saturated rings. The van der Waals surface area contributed by atoms with Crippen molar-refractivity contribution in [3.63, 3.8) is 0 Å². The van der Waals surface area contributed by atoms with Crippen LogP contribution in [0.2, 0.25) is 0 Å². The molecule has 0 aliphatic heterocycles. The molecule has 4 aromatic carbocycles. The molecule has 168 valence electrons. The summed E-state index contributed by atoms with van der Waals surface area (Å²) in [6.45, 7) is 8.64. The third-order valence-corrected chi connectivity index (χ3v) is 6.60. The van der Waals surface area contributed by atoms with Crippen molar-refractivity contribution in [2.75, 3.05) is 0 Å². The SMILES string of the molecule is CC(C)c1nc2ccc(-c3ccc4cc(-c5ccc6nc(C(C)C)[nH]c6c5)ccc4c3)cc2[nH]1. The van der Waals surface area contributed by atoms with Crippen LogP contribution in [0, 0.1) is 0 Å². The van der Waals surface area contributed by atoms with E-state index in [0.29, 0.717) is 11.8 Å². The van der Waals surface area contributed by atoms with Gasteiger partial charge in [-0.15, -0.1) is 0 Å². The summed E-state index contributed by atoms with van der Waals surface area (Å²) in [5.74, 6) is 2.84. The first-order valence-corrected chi connectivity index (χ1v) is 12.0. The van der Waals surface area contributed by atoms with Gasteiger partial charge in [0.05, 0.1) is 22.1 Å². The van der Waals surface area contributed by atoms with Crippen molar-refractivity contribution in [1.82, 2.24) is 19.9 Å². The fraction of sp³-hybridized carbons (Fsp3) is 0.200. The van der Waals surface area contributed by atoms with E-state index in [1.54, 1.807) is 0 Å². The molecule has 2 heterocycles. The molecule has 2 aromatic heterocycles. The molecule has 0 amide bonds. The smallest absolute Gasteiger partial charge is 0.109 e. The number of rotatable bonds is 4. The second kappa shape index (κ2) is 7.84. The highest BCUT2D eigenvalue weighted by molar-refractivity contribution is 5.93. The number of H-pyrrole nitrogens is 2. The highest BCUT2D eigenvalue weighted by Gasteiger charge is 2.10. The van der Waals surface area contributed by atoms with Gasteiger partial charge in [-0.3, -0.25) is 0 Å². The topological polar surface area (TPSA) is 57.4 Å². The average molecular weight is 445 g/mol. The molecular weight excluding hydrogens is 416 g/mol. The van der Waals surface area contributed by atoms with Crippen LogP contribution in [0.4, 0.5) is 0 Å². The van der Waals surface area contributed by atoms with E-state index in [9.17, 15) is 0 Å². The third-order valence-electron chi connectivity index (χ3n) is 6.60. The number of hydrogen-bond donors (Lipinski definition) is 2. The maximum absolute atomic E-state index is 4.70. The number of hydrogen-bond acceptors (Lipinski definition) is 2. The Morgan fingerprint density at radius 3 is 1.29 bits per heavy atom. The lowest BCUT2D eigenvalue weighted by Gasteiger charge is -2.07. The first-order valence-electron chi connectivity index (χ1n) is 12.0. The quantitative estimate of drug-likeness (QED) is 0.288. The van der Waals surface area contributed by atoms with Gasteiger partial charge in [0, 0.05) is 11.8 Å². The van der Waals surface area contributed by atoms with Crippen LogP contribution in [0.5, 0.6) is 0 Å². The molecule has 6 rings (SSSR count). The lowest BCUT2D eigenvalue weighted by Crippen LogP contribution is -1.88. The van der Waals surface area contributed by atoms with Crippen LogP contribution < -0.4 is 0 Å². The summed E-state index contributed by atoms with van der Waals surface area (Å²) < 4.78 is 0. The maximum atomic E-state index is 4.70. The van der Waals surface area contributed by atoms with Crippen molar-refractivity contribution < 1.29 is 0 Å². The minimum atomic E-state index is 0.386. The first-order chi connectivity index (χ1) is 16.4. The van der Waals surface area contributed by atoms with E-state index in [4.69, 9.17) is 9.97 Å². The van der Waals surface area contributed by atoms with Gasteiger partial charge in [-0.25, -0.2) is 9.97 Å². The first kappa shape index (κ1) is 20.7. The molecular formula is C30H28N4. The molecule has 0 unspecified atom stereocenters. The normalized spacial score (nSPS) is 12.1. The number of benzene rings is 4. The number of fused-ring (bicyclic) bond motifs is 3. The monoisotopic (exact) mass is 444 g/mol. The maximum Gasteiger partial charge on any atom is 0.109 e. The number of nitrogens with one attached hydrogen (secondary N) is 2. The highest BCUT2D eigenvalue weighted by Crippen LogP contribution is 2.31. The van der Waals surface area contributed by atoms with Crippen molar-refractivity contribution in [2.24, 2.45) is 0 Å². The lowest BCUT2D eigenvalue weighted by molar-refractivity contribution is 0.799. The molecule has 6 aromatic rings. The minimum absolute atomic E-state index is 0.386. The minimum Gasteiger partial charge on any atom is -0.342 e. The standard InChI is InChI=1S/C30H28N4/c1-17(2)29-31-25-11-9-23(15-27(25)33-29)21-7-5-20-14-22(8-6-19(20)13-21)24-10-12-26-28(16-24)34-30(32-26)18(3)4/h5-18H,1-4H3,(H,31,33)(H,32,34). The van der Waals surface area contributed by atoms with Gasteiger partial charge in [-0.2, -0.15) is 0 Å². The predicted octanol–water partition coefficient (Wildman–Crippen LogP) is 8.17. The van der Waals surface area contributed by atoms with E-state index in [2.05, 4.69) is 110 Å². The molecule has 0 bridgehead atoms. The molecule has 34 heavy (non-hydrogen) atoms. The summed E-state index contributed by atoms with van der Waals surface area (Å²) >= 11 is 0. The Hall–Kier alpha value is -3.92. The number of nitrogens with zero attached hydrogens (tertiary/aromatic N) is 2. The van der Waals surface area contributed by atoms with Gasteiger partial charge in [-0.1, -0.05) is 64.1 Å². The van der Waals surface area contributed by atoms with E-state index in [-0.39, 0.29) is 0 Å². The number of imidazole rings is 2. The van der Waals surface area contributed by atoms with Crippen LogP contribution in [0.25, 0.3) is 55.1 Å². The van der Waals surface area contributed by atoms with Crippen molar-refractivity contribution in [1.29, 1.82) is 0 Å². The van der Waals surface area contributed by atoms with E-state index in [1.165, 1.54) is 33.0 Å². The summed E-state index contributed by atoms with van der Waals surface area (Å²) in [7, 11) is 0. The molecule has 0 radical (unpaired) electrons. The average Bonchev–Trinajstić information content (AvgIpc) is 3.47. The summed E-state index contributed by atoms with van der Waals surface area (Å²) in [6, 6.07) is 26.3. The Kier molecular flexibility index (Phi) is 4.77. The zero-order valence-corrected chi connectivity index (χ0v) is 20.0. The highest BCUT2D eigenvalue weighted by atomic mass is 14.9. The molecule has 4 heteroatoms. The molecule has 0 atom stereocenters. The Bertz CT molecular complexity index is 1540. The molecule has 0 aliphatic carbocycles. The third kappa shape index (κ3) is 3.56. The van der Waals surface area contributed by atoms with Gasteiger partial charge in [0.2, 0.25) is 0 Å². The predicted molar refractivity (Wildman–Crippen MR) is 142 cm³/mol. The van der Waals surface area contributed by atoms with E-state index in [1.807, 2.05) is 0 Å². The summed E-state index contributed by atoms with van der Waals surface area (Å²) in [5, 5.41) is 2.47. The Morgan fingerprint density at radius 1 is 0.500 bits per heavy atom. The van der Waals surface area contributed by atoms with Gasteiger partial charge >= 0.3 is 0 Å². The fourth-order valence-electron chi connectivity index (χ4n) is 4.57. The Labute approximate surface area is 199 Å². The molecule has 2 N–H and O–H groups in total. The van der Waals surface area contributed by atoms with Crippen molar-refractivity contribution >= 4 is 32.8 Å². The van der Waals surface area contributed by atoms with Gasteiger partial charge < -0.3 is 9.97 Å². The van der Waals surface area contributed by atoms with E-state index >= 15 is 0 Å². The van der Waals surface area contributed by atoms with Crippen molar-refractivity contribution in [3.05, 3.63) is 84.4 Å². The van der Waals surface area contributed by atoms with Gasteiger partial charge in [0.15, 0.2) is 0 Å². The van der Waals surface area contributed by atoms with Crippen LogP contribution in [0.15, 0.2) is 72.8 Å². The molecule has 0 saturated heterocycles. The van der Waals surface area contributed by atoms with E-state index in [0.717, 1.165) is 33.7 Å². The number of aromatic nitrogens is 4. The second-order valence-electron chi connectivity index (χ2n) is 9.79. The van der Waals surface area contributed by atoms with Gasteiger partial charge in [0.25, 0.3) is 0 Å². The van der Waals surface area contributed by atoms with Crippen LogP contribution in [0.1, 0.15) is 51.2 Å². The largest absolute Gasteiger partial charge is 0.342 e. The van der Waals surface area contributed by atoms with Gasteiger partial charge in [0.1, 0.15) is 11.6 Å². The van der Waals surface area contributed by atoms with Crippen LogP contribution in [0.3, 0.4) is 0 Å². The zero-order chi connectivity index (χ0) is 23.4. The zero-order valence-electron chi connectivity index (χ0n) is 20.0. The Morgan fingerprint density at radius 2 is 0.882 bits per heavy atom.